The standard InChI is InChI=1S/C21H21FN4O3/c1-29-18-8-7-16(13-17(18)22)20(27)24-10-9-19-23-26(21(28)25(19)12-11-24)14-15-5-3-2-4-6-15/h2-8,13H,9-12,14H2,1H3. The molecule has 8 heteroatoms. The molecule has 1 aliphatic heterocycles. The van der Waals surface area contributed by atoms with Crippen LogP contribution in [0.4, 0.5) is 4.39 Å². The molecular weight excluding hydrogens is 375 g/mol. The first-order valence-corrected chi connectivity index (χ1v) is 9.40. The third kappa shape index (κ3) is 3.78. The number of rotatable bonds is 4. The van der Waals surface area contributed by atoms with Crippen molar-refractivity contribution in [3.63, 3.8) is 0 Å². The zero-order chi connectivity index (χ0) is 20.4. The van der Waals surface area contributed by atoms with Gasteiger partial charge in [-0.2, -0.15) is 5.10 Å². The van der Waals surface area contributed by atoms with Gasteiger partial charge in [0.25, 0.3) is 5.91 Å². The average molecular weight is 396 g/mol. The molecule has 3 aromatic rings. The van der Waals surface area contributed by atoms with Crippen LogP contribution in [0.2, 0.25) is 0 Å². The molecule has 1 amide bonds. The number of ether oxygens (including phenoxy) is 1. The minimum absolute atomic E-state index is 0.0940. The molecule has 7 nitrogen and oxygen atoms in total. The van der Waals surface area contributed by atoms with Crippen LogP contribution >= 0.6 is 0 Å². The molecule has 1 aliphatic rings. The summed E-state index contributed by atoms with van der Waals surface area (Å²) in [4.78, 5) is 27.1. The highest BCUT2D eigenvalue weighted by molar-refractivity contribution is 5.94. The number of aromatic nitrogens is 3. The molecule has 0 spiro atoms. The van der Waals surface area contributed by atoms with E-state index in [1.54, 1.807) is 15.5 Å². The lowest BCUT2D eigenvalue weighted by Crippen LogP contribution is -2.35. The fourth-order valence-corrected chi connectivity index (χ4v) is 3.51. The lowest BCUT2D eigenvalue weighted by atomic mass is 10.1. The van der Waals surface area contributed by atoms with E-state index >= 15 is 0 Å². The molecule has 0 N–H and O–H groups in total. The Labute approximate surface area is 166 Å². The van der Waals surface area contributed by atoms with Gasteiger partial charge >= 0.3 is 5.69 Å². The normalized spacial score (nSPS) is 13.7. The van der Waals surface area contributed by atoms with Crippen LogP contribution in [0.1, 0.15) is 21.7 Å². The summed E-state index contributed by atoms with van der Waals surface area (Å²) < 4.78 is 21.9. The number of hydrogen-bond acceptors (Lipinski definition) is 4. The van der Waals surface area contributed by atoms with Crippen molar-refractivity contribution in [3.05, 3.63) is 81.8 Å². The van der Waals surface area contributed by atoms with E-state index in [9.17, 15) is 14.0 Å². The number of carbonyl (C=O) groups excluding carboxylic acids is 1. The summed E-state index contributed by atoms with van der Waals surface area (Å²) >= 11 is 0. The third-order valence-corrected chi connectivity index (χ3v) is 5.06. The van der Waals surface area contributed by atoms with Gasteiger partial charge in [-0.25, -0.2) is 13.9 Å². The maximum Gasteiger partial charge on any atom is 0.346 e. The minimum Gasteiger partial charge on any atom is -0.494 e. The summed E-state index contributed by atoms with van der Waals surface area (Å²) in [5, 5.41) is 4.46. The van der Waals surface area contributed by atoms with Gasteiger partial charge < -0.3 is 9.64 Å². The van der Waals surface area contributed by atoms with Crippen LogP contribution in [0.5, 0.6) is 5.75 Å². The summed E-state index contributed by atoms with van der Waals surface area (Å²) in [6.45, 7) is 1.53. The van der Waals surface area contributed by atoms with E-state index in [1.807, 2.05) is 30.3 Å². The molecule has 0 atom stereocenters. The van der Waals surface area contributed by atoms with Crippen LogP contribution < -0.4 is 10.4 Å². The molecule has 0 fully saturated rings. The molecule has 4 rings (SSSR count). The van der Waals surface area contributed by atoms with Gasteiger partial charge in [-0.1, -0.05) is 30.3 Å². The second kappa shape index (κ2) is 7.90. The number of hydrogen-bond donors (Lipinski definition) is 0. The van der Waals surface area contributed by atoms with Gasteiger partial charge in [-0.3, -0.25) is 9.36 Å². The van der Waals surface area contributed by atoms with Crippen LogP contribution in [0.3, 0.4) is 0 Å². The first kappa shape index (κ1) is 18.9. The fraction of sp³-hybridized carbons (Fsp3) is 0.286. The lowest BCUT2D eigenvalue weighted by molar-refractivity contribution is 0.0758. The first-order chi connectivity index (χ1) is 14.1. The topological polar surface area (TPSA) is 69.4 Å². The molecule has 0 saturated carbocycles. The molecule has 0 saturated heterocycles. The van der Waals surface area contributed by atoms with E-state index < -0.39 is 5.82 Å². The van der Waals surface area contributed by atoms with Crippen molar-refractivity contribution < 1.29 is 13.9 Å². The smallest absolute Gasteiger partial charge is 0.346 e. The van der Waals surface area contributed by atoms with Gasteiger partial charge in [-0.05, 0) is 23.8 Å². The number of carbonyl (C=O) groups is 1. The zero-order valence-electron chi connectivity index (χ0n) is 16.0. The van der Waals surface area contributed by atoms with Crippen LogP contribution in [-0.4, -0.2) is 45.4 Å². The Kier molecular flexibility index (Phi) is 5.16. The number of halogens is 1. The van der Waals surface area contributed by atoms with Crippen LogP contribution in [0.15, 0.2) is 53.3 Å². The minimum atomic E-state index is -0.579. The molecule has 0 unspecified atom stereocenters. The Morgan fingerprint density at radius 2 is 1.93 bits per heavy atom. The predicted octanol–water partition coefficient (Wildman–Crippen LogP) is 1.94. The van der Waals surface area contributed by atoms with E-state index in [1.165, 1.54) is 23.9 Å². The largest absolute Gasteiger partial charge is 0.494 e. The Morgan fingerprint density at radius 3 is 2.66 bits per heavy atom. The molecular formula is C21H21FN4O3. The lowest BCUT2D eigenvalue weighted by Gasteiger charge is -2.20. The number of nitrogens with zero attached hydrogens (tertiary/aromatic N) is 4. The maximum atomic E-state index is 13.9. The van der Waals surface area contributed by atoms with Crippen molar-refractivity contribution in [3.8, 4) is 5.75 Å². The Morgan fingerprint density at radius 1 is 1.14 bits per heavy atom. The van der Waals surface area contributed by atoms with Gasteiger partial charge in [0, 0.05) is 31.6 Å². The second-order valence-corrected chi connectivity index (χ2v) is 6.89. The summed E-state index contributed by atoms with van der Waals surface area (Å²) in [6, 6.07) is 13.8. The third-order valence-electron chi connectivity index (χ3n) is 5.06. The van der Waals surface area contributed by atoms with Gasteiger partial charge in [-0.15, -0.1) is 0 Å². The summed E-state index contributed by atoms with van der Waals surface area (Å²) in [5.41, 5.74) is 1.07. The molecule has 150 valence electrons. The van der Waals surface area contributed by atoms with Crippen LogP contribution in [0, 0.1) is 5.82 Å². The Hall–Kier alpha value is -3.42. The van der Waals surface area contributed by atoms with E-state index in [-0.39, 0.29) is 22.9 Å². The number of amides is 1. The number of methoxy groups -OCH3 is 1. The fourth-order valence-electron chi connectivity index (χ4n) is 3.51. The monoisotopic (exact) mass is 396 g/mol. The Bertz CT molecular complexity index is 1090. The van der Waals surface area contributed by atoms with Gasteiger partial charge in [0.05, 0.1) is 13.7 Å². The number of benzene rings is 2. The molecule has 2 aromatic carbocycles. The van der Waals surface area contributed by atoms with Gasteiger partial charge in [0.2, 0.25) is 0 Å². The Balaban J connectivity index is 1.49. The average Bonchev–Trinajstić information content (AvgIpc) is 2.90. The second-order valence-electron chi connectivity index (χ2n) is 6.89. The summed E-state index contributed by atoms with van der Waals surface area (Å²) in [6.07, 6.45) is 0.460. The van der Waals surface area contributed by atoms with Gasteiger partial charge in [0.15, 0.2) is 11.6 Å². The maximum absolute atomic E-state index is 13.9. The van der Waals surface area contributed by atoms with Crippen molar-refractivity contribution >= 4 is 5.91 Å². The molecule has 0 bridgehead atoms. The van der Waals surface area contributed by atoms with E-state index in [0.29, 0.717) is 38.4 Å². The van der Waals surface area contributed by atoms with Crippen molar-refractivity contribution in [2.45, 2.75) is 19.5 Å². The molecule has 0 radical (unpaired) electrons. The van der Waals surface area contributed by atoms with E-state index in [0.717, 1.165) is 5.56 Å². The molecule has 2 heterocycles. The highest BCUT2D eigenvalue weighted by Crippen LogP contribution is 2.19. The zero-order valence-corrected chi connectivity index (χ0v) is 16.0. The van der Waals surface area contributed by atoms with Gasteiger partial charge in [0.1, 0.15) is 5.82 Å². The molecule has 29 heavy (non-hydrogen) atoms. The van der Waals surface area contributed by atoms with Crippen LogP contribution in [0.25, 0.3) is 0 Å². The summed E-state index contributed by atoms with van der Waals surface area (Å²) in [7, 11) is 1.38. The van der Waals surface area contributed by atoms with E-state index in [4.69, 9.17) is 4.74 Å². The van der Waals surface area contributed by atoms with Crippen molar-refractivity contribution in [2.75, 3.05) is 20.2 Å². The predicted molar refractivity (Wildman–Crippen MR) is 105 cm³/mol. The quantitative estimate of drug-likeness (QED) is 0.676. The molecule has 1 aromatic heterocycles. The van der Waals surface area contributed by atoms with Crippen molar-refractivity contribution in [1.29, 1.82) is 0 Å². The van der Waals surface area contributed by atoms with E-state index in [2.05, 4.69) is 5.10 Å². The highest BCUT2D eigenvalue weighted by Gasteiger charge is 2.23. The van der Waals surface area contributed by atoms with Crippen molar-refractivity contribution in [1.82, 2.24) is 19.2 Å². The number of fused-ring (bicyclic) bond motifs is 1. The van der Waals surface area contributed by atoms with Crippen molar-refractivity contribution in [2.24, 2.45) is 0 Å². The summed E-state index contributed by atoms with van der Waals surface area (Å²) in [5.74, 6) is -0.106. The first-order valence-electron chi connectivity index (χ1n) is 9.40. The SMILES string of the molecule is COc1ccc(C(=O)N2CCc3nn(Cc4ccccc4)c(=O)n3CC2)cc1F. The molecule has 0 aliphatic carbocycles. The highest BCUT2D eigenvalue weighted by atomic mass is 19.1. The van der Waals surface area contributed by atoms with Crippen LogP contribution in [-0.2, 0) is 19.5 Å².